The molecule has 0 unspecified atom stereocenters. The number of esters is 1. The molecule has 0 radical (unpaired) electrons. The van der Waals surface area contributed by atoms with Gasteiger partial charge in [0.05, 0.1) is 4.90 Å². The van der Waals surface area contributed by atoms with E-state index in [0.717, 1.165) is 0 Å². The van der Waals surface area contributed by atoms with Crippen molar-refractivity contribution in [3.05, 3.63) is 66.7 Å². The molecule has 0 bridgehead atoms. The molecule has 0 aliphatic carbocycles. The average molecular weight is 317 g/mol. The van der Waals surface area contributed by atoms with Crippen LogP contribution in [0.5, 0.6) is 5.75 Å². The van der Waals surface area contributed by atoms with Crippen LogP contribution < -0.4 is 9.46 Å². The summed E-state index contributed by atoms with van der Waals surface area (Å²) in [6.45, 7) is 4.99. The number of para-hydroxylation sites is 1. The Hall–Kier alpha value is -2.60. The third-order valence-corrected chi connectivity index (χ3v) is 4.08. The lowest BCUT2D eigenvalue weighted by atomic mass is 10.3. The molecule has 0 spiro atoms. The van der Waals surface area contributed by atoms with E-state index in [0.29, 0.717) is 5.69 Å². The largest absolute Gasteiger partial charge is 0.423 e. The van der Waals surface area contributed by atoms with Crippen molar-refractivity contribution >= 4 is 21.7 Å². The lowest BCUT2D eigenvalue weighted by molar-refractivity contribution is -0.130. The van der Waals surface area contributed by atoms with E-state index in [9.17, 15) is 13.2 Å². The van der Waals surface area contributed by atoms with Gasteiger partial charge in [-0.3, -0.25) is 4.72 Å². The van der Waals surface area contributed by atoms with E-state index in [1.807, 2.05) is 0 Å². The summed E-state index contributed by atoms with van der Waals surface area (Å²) in [6, 6.07) is 14.2. The van der Waals surface area contributed by atoms with E-state index < -0.39 is 16.0 Å². The first-order chi connectivity index (χ1) is 10.4. The van der Waals surface area contributed by atoms with Crippen molar-refractivity contribution in [3.8, 4) is 5.75 Å². The summed E-state index contributed by atoms with van der Waals surface area (Å²) in [5.41, 5.74) is 0.683. The maximum Gasteiger partial charge on any atom is 0.338 e. The first kappa shape index (κ1) is 15.8. The number of hydrogen-bond acceptors (Lipinski definition) is 4. The van der Waals surface area contributed by atoms with Crippen LogP contribution in [0.2, 0.25) is 0 Å². The Morgan fingerprint density at radius 1 is 1.09 bits per heavy atom. The standard InChI is InChI=1S/C16H15NO4S/c1-12(2)16(18)21-14-9-6-10-15(11-14)22(19,20)17-13-7-4-3-5-8-13/h3-11,17H,1H2,2H3. The average Bonchev–Trinajstić information content (AvgIpc) is 2.48. The quantitative estimate of drug-likeness (QED) is 0.523. The minimum atomic E-state index is -3.76. The fourth-order valence-corrected chi connectivity index (χ4v) is 2.71. The number of hydrogen-bond donors (Lipinski definition) is 1. The third kappa shape index (κ3) is 3.95. The summed E-state index contributed by atoms with van der Waals surface area (Å²) in [4.78, 5) is 11.5. The molecule has 0 aliphatic heterocycles. The molecule has 0 amide bonds. The van der Waals surface area contributed by atoms with Gasteiger partial charge in [-0.25, -0.2) is 13.2 Å². The number of sulfonamides is 1. The molecule has 114 valence electrons. The molecule has 1 N–H and O–H groups in total. The van der Waals surface area contributed by atoms with Crippen LogP contribution in [0.3, 0.4) is 0 Å². The fourth-order valence-electron chi connectivity index (χ4n) is 1.62. The number of ether oxygens (including phenoxy) is 1. The lowest BCUT2D eigenvalue weighted by Gasteiger charge is -2.09. The van der Waals surface area contributed by atoms with Crippen LogP contribution in [-0.4, -0.2) is 14.4 Å². The molecule has 5 nitrogen and oxygen atoms in total. The Kier molecular flexibility index (Phi) is 4.62. The molecule has 0 heterocycles. The van der Waals surface area contributed by atoms with Crippen LogP contribution in [-0.2, 0) is 14.8 Å². The highest BCUT2D eigenvalue weighted by Crippen LogP contribution is 2.21. The van der Waals surface area contributed by atoms with Gasteiger partial charge in [-0.05, 0) is 31.2 Å². The van der Waals surface area contributed by atoms with E-state index in [1.54, 1.807) is 30.3 Å². The zero-order valence-corrected chi connectivity index (χ0v) is 12.8. The number of benzene rings is 2. The first-order valence-corrected chi connectivity index (χ1v) is 7.92. The van der Waals surface area contributed by atoms with E-state index >= 15 is 0 Å². The van der Waals surface area contributed by atoms with Gasteiger partial charge in [-0.1, -0.05) is 30.8 Å². The van der Waals surface area contributed by atoms with E-state index in [-0.39, 0.29) is 16.2 Å². The summed E-state index contributed by atoms with van der Waals surface area (Å²) in [5, 5.41) is 0. The summed E-state index contributed by atoms with van der Waals surface area (Å²) in [5.74, 6) is -0.463. The molecule has 0 aromatic heterocycles. The van der Waals surface area contributed by atoms with Crippen LogP contribution in [0.15, 0.2) is 71.6 Å². The Labute approximate surface area is 129 Å². The predicted octanol–water partition coefficient (Wildman–Crippen LogP) is 2.97. The van der Waals surface area contributed by atoms with E-state index in [1.165, 1.54) is 31.2 Å². The van der Waals surface area contributed by atoms with Crippen molar-refractivity contribution in [2.45, 2.75) is 11.8 Å². The number of rotatable bonds is 5. The Morgan fingerprint density at radius 2 is 1.77 bits per heavy atom. The second-order valence-electron chi connectivity index (χ2n) is 4.62. The van der Waals surface area contributed by atoms with E-state index in [4.69, 9.17) is 4.74 Å². The molecule has 2 aromatic rings. The molecule has 0 saturated heterocycles. The Bertz CT molecular complexity index is 798. The monoisotopic (exact) mass is 317 g/mol. The smallest absolute Gasteiger partial charge is 0.338 e. The van der Waals surface area contributed by atoms with Gasteiger partial charge in [0, 0.05) is 17.3 Å². The van der Waals surface area contributed by atoms with Gasteiger partial charge in [-0.15, -0.1) is 0 Å². The number of anilines is 1. The second-order valence-corrected chi connectivity index (χ2v) is 6.30. The van der Waals surface area contributed by atoms with Crippen molar-refractivity contribution in [2.24, 2.45) is 0 Å². The molecular formula is C16H15NO4S. The molecule has 0 atom stereocenters. The highest BCUT2D eigenvalue weighted by atomic mass is 32.2. The summed E-state index contributed by atoms with van der Waals surface area (Å²) in [7, 11) is -3.76. The zero-order valence-electron chi connectivity index (χ0n) is 11.9. The fraction of sp³-hybridized carbons (Fsp3) is 0.0625. The number of carbonyl (C=O) groups excluding carboxylic acids is 1. The second kappa shape index (κ2) is 6.44. The maximum atomic E-state index is 12.3. The van der Waals surface area contributed by atoms with Crippen molar-refractivity contribution in [2.75, 3.05) is 4.72 Å². The van der Waals surface area contributed by atoms with Gasteiger partial charge in [0.25, 0.3) is 10.0 Å². The van der Waals surface area contributed by atoms with Crippen molar-refractivity contribution < 1.29 is 17.9 Å². The van der Waals surface area contributed by atoms with Gasteiger partial charge in [-0.2, -0.15) is 0 Å². The van der Waals surface area contributed by atoms with Crippen LogP contribution >= 0.6 is 0 Å². The predicted molar refractivity (Wildman–Crippen MR) is 84.1 cm³/mol. The molecule has 2 rings (SSSR count). The van der Waals surface area contributed by atoms with Crippen LogP contribution in [0.1, 0.15) is 6.92 Å². The normalized spacial score (nSPS) is 10.8. The topological polar surface area (TPSA) is 72.5 Å². The minimum absolute atomic E-state index is 0.00312. The van der Waals surface area contributed by atoms with Crippen LogP contribution in [0, 0.1) is 0 Å². The lowest BCUT2D eigenvalue weighted by Crippen LogP contribution is -2.13. The SMILES string of the molecule is C=C(C)C(=O)Oc1cccc(S(=O)(=O)Nc2ccccc2)c1. The van der Waals surface area contributed by atoms with Gasteiger partial charge in [0.2, 0.25) is 0 Å². The highest BCUT2D eigenvalue weighted by molar-refractivity contribution is 7.92. The molecule has 0 fully saturated rings. The van der Waals surface area contributed by atoms with Crippen molar-refractivity contribution in [1.82, 2.24) is 0 Å². The molecule has 22 heavy (non-hydrogen) atoms. The van der Waals surface area contributed by atoms with Gasteiger partial charge in [0.15, 0.2) is 0 Å². The summed E-state index contributed by atoms with van der Waals surface area (Å²) in [6.07, 6.45) is 0. The maximum absolute atomic E-state index is 12.3. The first-order valence-electron chi connectivity index (χ1n) is 6.44. The van der Waals surface area contributed by atoms with Crippen molar-refractivity contribution in [3.63, 3.8) is 0 Å². The molecule has 0 aliphatic rings. The molecule has 2 aromatic carbocycles. The van der Waals surface area contributed by atoms with Crippen LogP contribution in [0.4, 0.5) is 5.69 Å². The van der Waals surface area contributed by atoms with Gasteiger partial charge in [0.1, 0.15) is 5.75 Å². The van der Waals surface area contributed by atoms with Gasteiger partial charge < -0.3 is 4.74 Å². The minimum Gasteiger partial charge on any atom is -0.423 e. The highest BCUT2D eigenvalue weighted by Gasteiger charge is 2.16. The number of carbonyl (C=O) groups is 1. The van der Waals surface area contributed by atoms with Crippen molar-refractivity contribution in [1.29, 1.82) is 0 Å². The molecule has 6 heteroatoms. The summed E-state index contributed by atoms with van der Waals surface area (Å²) < 4.78 is 32.1. The third-order valence-electron chi connectivity index (χ3n) is 2.70. The zero-order chi connectivity index (χ0) is 16.2. The summed E-state index contributed by atoms with van der Waals surface area (Å²) >= 11 is 0. The molecular weight excluding hydrogens is 302 g/mol. The Balaban J connectivity index is 2.24. The van der Waals surface area contributed by atoms with E-state index in [2.05, 4.69) is 11.3 Å². The molecule has 0 saturated carbocycles. The number of nitrogens with one attached hydrogen (secondary N) is 1. The Morgan fingerprint density at radius 3 is 2.41 bits per heavy atom. The van der Waals surface area contributed by atoms with Gasteiger partial charge >= 0.3 is 5.97 Å². The van der Waals surface area contributed by atoms with Crippen LogP contribution in [0.25, 0.3) is 0 Å².